The molecule has 0 atom stereocenters. The monoisotopic (exact) mass is 423 g/mol. The van der Waals surface area contributed by atoms with E-state index in [1.54, 1.807) is 17.4 Å². The molecule has 6 heteroatoms. The van der Waals surface area contributed by atoms with Crippen molar-refractivity contribution in [3.63, 3.8) is 0 Å². The molecular formula is C25H17N3O2S. The van der Waals surface area contributed by atoms with E-state index in [0.29, 0.717) is 11.4 Å². The van der Waals surface area contributed by atoms with Gasteiger partial charge in [0.1, 0.15) is 5.01 Å². The lowest BCUT2D eigenvalue weighted by Crippen LogP contribution is -2.11. The summed E-state index contributed by atoms with van der Waals surface area (Å²) in [5.41, 5.74) is 4.78. The number of nitrogens with zero attached hydrogens (tertiary/aromatic N) is 2. The summed E-state index contributed by atoms with van der Waals surface area (Å²) in [6.45, 7) is 0. The van der Waals surface area contributed by atoms with Crippen LogP contribution in [0.25, 0.3) is 33.2 Å². The Hall–Kier alpha value is -4.03. The van der Waals surface area contributed by atoms with E-state index in [2.05, 4.69) is 10.5 Å². The third-order valence-corrected chi connectivity index (χ3v) is 5.66. The molecule has 0 radical (unpaired) electrons. The Morgan fingerprint density at radius 2 is 1.48 bits per heavy atom. The standard InChI is InChI=1S/C25H17N3O2S/c29-24(21-15-23(30-28-21)18-7-3-1-4-8-18)26-20-13-11-17(12-14-20)22-16-31-25(27-22)19-9-5-2-6-10-19/h1-16H,(H,26,29). The maximum Gasteiger partial charge on any atom is 0.277 e. The first-order valence-corrected chi connectivity index (χ1v) is 10.6. The van der Waals surface area contributed by atoms with Crippen LogP contribution < -0.4 is 5.32 Å². The van der Waals surface area contributed by atoms with Gasteiger partial charge in [0.15, 0.2) is 11.5 Å². The van der Waals surface area contributed by atoms with E-state index in [1.807, 2.05) is 90.3 Å². The van der Waals surface area contributed by atoms with Gasteiger partial charge < -0.3 is 9.84 Å². The molecule has 0 aliphatic carbocycles. The number of hydrogen-bond donors (Lipinski definition) is 1. The fourth-order valence-electron chi connectivity index (χ4n) is 3.16. The van der Waals surface area contributed by atoms with Gasteiger partial charge in [0, 0.05) is 33.8 Å². The van der Waals surface area contributed by atoms with Gasteiger partial charge in [-0.2, -0.15) is 0 Å². The zero-order valence-corrected chi connectivity index (χ0v) is 17.2. The van der Waals surface area contributed by atoms with Crippen LogP contribution in [-0.4, -0.2) is 16.0 Å². The number of thiazole rings is 1. The molecule has 0 unspecified atom stereocenters. The normalized spacial score (nSPS) is 10.7. The topological polar surface area (TPSA) is 68.0 Å². The van der Waals surface area contributed by atoms with Crippen LogP contribution in [0.2, 0.25) is 0 Å². The summed E-state index contributed by atoms with van der Waals surface area (Å²) in [4.78, 5) is 17.3. The summed E-state index contributed by atoms with van der Waals surface area (Å²) in [6.07, 6.45) is 0. The molecule has 0 saturated carbocycles. The number of aromatic nitrogens is 2. The first-order valence-electron chi connectivity index (χ1n) is 9.71. The summed E-state index contributed by atoms with van der Waals surface area (Å²) in [5, 5.41) is 9.76. The van der Waals surface area contributed by atoms with E-state index >= 15 is 0 Å². The maximum atomic E-state index is 12.5. The number of rotatable bonds is 5. The zero-order valence-electron chi connectivity index (χ0n) is 16.4. The molecule has 0 spiro atoms. The molecule has 5 aromatic rings. The van der Waals surface area contributed by atoms with E-state index in [-0.39, 0.29) is 11.6 Å². The lowest BCUT2D eigenvalue weighted by Gasteiger charge is -2.04. The number of anilines is 1. The summed E-state index contributed by atoms with van der Waals surface area (Å²) in [5.74, 6) is 0.234. The van der Waals surface area contributed by atoms with E-state index in [0.717, 1.165) is 27.4 Å². The molecule has 31 heavy (non-hydrogen) atoms. The number of carbonyl (C=O) groups excluding carboxylic acids is 1. The maximum absolute atomic E-state index is 12.5. The molecular weight excluding hydrogens is 406 g/mol. The van der Waals surface area contributed by atoms with Crippen molar-refractivity contribution in [3.05, 3.63) is 102 Å². The first-order chi connectivity index (χ1) is 15.3. The van der Waals surface area contributed by atoms with Crippen LogP contribution in [-0.2, 0) is 0 Å². The van der Waals surface area contributed by atoms with Gasteiger partial charge >= 0.3 is 0 Å². The molecule has 1 N–H and O–H groups in total. The lowest BCUT2D eigenvalue weighted by molar-refractivity contribution is 0.101. The summed E-state index contributed by atoms with van der Waals surface area (Å²) >= 11 is 1.61. The van der Waals surface area contributed by atoms with Gasteiger partial charge in [-0.15, -0.1) is 11.3 Å². The van der Waals surface area contributed by atoms with E-state index in [4.69, 9.17) is 9.51 Å². The van der Waals surface area contributed by atoms with Gasteiger partial charge in [-0.1, -0.05) is 78.0 Å². The SMILES string of the molecule is O=C(Nc1ccc(-c2csc(-c3ccccc3)n2)cc1)c1cc(-c2ccccc2)on1. The molecule has 0 aliphatic heterocycles. The Kier molecular flexibility index (Phi) is 5.12. The molecule has 0 fully saturated rings. The molecule has 1 amide bonds. The Labute approximate surface area is 183 Å². The summed E-state index contributed by atoms with van der Waals surface area (Å²) < 4.78 is 5.31. The van der Waals surface area contributed by atoms with Crippen molar-refractivity contribution in [1.82, 2.24) is 10.1 Å². The second-order valence-corrected chi connectivity index (χ2v) is 7.74. The van der Waals surface area contributed by atoms with Gasteiger partial charge in [0.25, 0.3) is 5.91 Å². The van der Waals surface area contributed by atoms with Crippen molar-refractivity contribution in [2.24, 2.45) is 0 Å². The van der Waals surface area contributed by atoms with Gasteiger partial charge in [0.2, 0.25) is 0 Å². The molecule has 3 aromatic carbocycles. The molecule has 0 saturated heterocycles. The zero-order chi connectivity index (χ0) is 21.0. The fourth-order valence-corrected chi connectivity index (χ4v) is 4.00. The Bertz CT molecular complexity index is 1310. The highest BCUT2D eigenvalue weighted by molar-refractivity contribution is 7.13. The van der Waals surface area contributed by atoms with Crippen LogP contribution in [0.1, 0.15) is 10.5 Å². The predicted molar refractivity (Wildman–Crippen MR) is 123 cm³/mol. The van der Waals surface area contributed by atoms with E-state index in [9.17, 15) is 4.79 Å². The smallest absolute Gasteiger partial charge is 0.277 e. The first kappa shape index (κ1) is 19.0. The predicted octanol–water partition coefficient (Wildman–Crippen LogP) is 6.38. The molecule has 150 valence electrons. The van der Waals surface area contributed by atoms with Crippen LogP contribution in [0, 0.1) is 0 Å². The van der Waals surface area contributed by atoms with Crippen molar-refractivity contribution in [3.8, 4) is 33.2 Å². The van der Waals surface area contributed by atoms with Gasteiger partial charge in [-0.3, -0.25) is 4.79 Å². The third kappa shape index (κ3) is 4.15. The van der Waals surface area contributed by atoms with Crippen LogP contribution in [0.4, 0.5) is 5.69 Å². The minimum atomic E-state index is -0.321. The summed E-state index contributed by atoms with van der Waals surface area (Å²) in [7, 11) is 0. The molecule has 0 bridgehead atoms. The Morgan fingerprint density at radius 1 is 0.806 bits per heavy atom. The minimum absolute atomic E-state index is 0.231. The second-order valence-electron chi connectivity index (χ2n) is 6.88. The largest absolute Gasteiger partial charge is 0.355 e. The minimum Gasteiger partial charge on any atom is -0.355 e. The average molecular weight is 423 g/mol. The van der Waals surface area contributed by atoms with Crippen molar-refractivity contribution in [2.45, 2.75) is 0 Å². The molecule has 0 aliphatic rings. The highest BCUT2D eigenvalue weighted by atomic mass is 32.1. The van der Waals surface area contributed by atoms with Gasteiger partial charge in [0.05, 0.1) is 5.69 Å². The summed E-state index contributed by atoms with van der Waals surface area (Å²) in [6, 6.07) is 28.9. The van der Waals surface area contributed by atoms with Crippen molar-refractivity contribution >= 4 is 22.9 Å². The number of nitrogens with one attached hydrogen (secondary N) is 1. The van der Waals surface area contributed by atoms with Crippen LogP contribution in [0.3, 0.4) is 0 Å². The fraction of sp³-hybridized carbons (Fsp3) is 0. The van der Waals surface area contributed by atoms with Crippen LogP contribution >= 0.6 is 11.3 Å². The van der Waals surface area contributed by atoms with Crippen molar-refractivity contribution in [2.75, 3.05) is 5.32 Å². The molecule has 5 nitrogen and oxygen atoms in total. The number of amides is 1. The highest BCUT2D eigenvalue weighted by Gasteiger charge is 2.14. The van der Waals surface area contributed by atoms with E-state index < -0.39 is 0 Å². The number of hydrogen-bond acceptors (Lipinski definition) is 5. The quantitative estimate of drug-likeness (QED) is 0.356. The van der Waals surface area contributed by atoms with Crippen LogP contribution in [0.5, 0.6) is 0 Å². The van der Waals surface area contributed by atoms with Gasteiger partial charge in [-0.25, -0.2) is 4.98 Å². The van der Waals surface area contributed by atoms with Crippen molar-refractivity contribution in [1.29, 1.82) is 0 Å². The van der Waals surface area contributed by atoms with Crippen molar-refractivity contribution < 1.29 is 9.32 Å². The third-order valence-electron chi connectivity index (χ3n) is 4.76. The van der Waals surface area contributed by atoms with E-state index in [1.165, 1.54) is 0 Å². The lowest BCUT2D eigenvalue weighted by atomic mass is 10.1. The highest BCUT2D eigenvalue weighted by Crippen LogP contribution is 2.29. The number of carbonyl (C=O) groups is 1. The average Bonchev–Trinajstić information content (AvgIpc) is 3.51. The molecule has 2 aromatic heterocycles. The molecule has 5 rings (SSSR count). The Morgan fingerprint density at radius 3 is 2.19 bits per heavy atom. The van der Waals surface area contributed by atoms with Crippen LogP contribution in [0.15, 0.2) is 101 Å². The molecule has 2 heterocycles. The second kappa shape index (κ2) is 8.38. The number of benzene rings is 3. The van der Waals surface area contributed by atoms with Gasteiger partial charge in [-0.05, 0) is 12.1 Å². The Balaban J connectivity index is 1.28.